The van der Waals surface area contributed by atoms with E-state index in [1.807, 2.05) is 39.0 Å². The summed E-state index contributed by atoms with van der Waals surface area (Å²) in [6.07, 6.45) is 3.34. The zero-order chi connectivity index (χ0) is 18.8. The van der Waals surface area contributed by atoms with E-state index >= 15 is 0 Å². The lowest BCUT2D eigenvalue weighted by Gasteiger charge is -2.11. The summed E-state index contributed by atoms with van der Waals surface area (Å²) in [6, 6.07) is 7.44. The lowest BCUT2D eigenvalue weighted by Crippen LogP contribution is -2.26. The second-order valence-electron chi connectivity index (χ2n) is 6.24. The standard InChI is InChI=1S/C19H22N6O/c1-5-24(4)19(26)16-9-17(18-12(2)8-14(20)10-22-18)25(23-16)15-7-6-13(3)21-11-15/h6-11H,5,20H2,1-4H3. The van der Waals surface area contributed by atoms with E-state index in [0.717, 1.165) is 28.3 Å². The number of rotatable bonds is 4. The van der Waals surface area contributed by atoms with Crippen LogP contribution in [0.2, 0.25) is 0 Å². The van der Waals surface area contributed by atoms with Crippen molar-refractivity contribution in [3.8, 4) is 17.1 Å². The number of carbonyl (C=O) groups excluding carboxylic acids is 1. The van der Waals surface area contributed by atoms with Gasteiger partial charge in [0.15, 0.2) is 5.69 Å². The van der Waals surface area contributed by atoms with E-state index in [9.17, 15) is 4.79 Å². The summed E-state index contributed by atoms with van der Waals surface area (Å²) in [5.74, 6) is -0.138. The van der Waals surface area contributed by atoms with Crippen LogP contribution in [0.1, 0.15) is 28.7 Å². The van der Waals surface area contributed by atoms with Gasteiger partial charge in [-0.1, -0.05) is 0 Å². The van der Waals surface area contributed by atoms with Crippen molar-refractivity contribution in [3.05, 3.63) is 53.6 Å². The Labute approximate surface area is 152 Å². The minimum atomic E-state index is -0.138. The molecule has 0 saturated heterocycles. The largest absolute Gasteiger partial charge is 0.397 e. The summed E-state index contributed by atoms with van der Waals surface area (Å²) in [6.45, 7) is 6.38. The maximum Gasteiger partial charge on any atom is 0.274 e. The zero-order valence-electron chi connectivity index (χ0n) is 15.4. The normalized spacial score (nSPS) is 10.8. The molecule has 1 amide bonds. The number of carbonyl (C=O) groups is 1. The Hall–Kier alpha value is -3.22. The first kappa shape index (κ1) is 17.6. The first-order valence-electron chi connectivity index (χ1n) is 8.41. The molecular weight excluding hydrogens is 328 g/mol. The summed E-state index contributed by atoms with van der Waals surface area (Å²) >= 11 is 0. The van der Waals surface area contributed by atoms with Crippen molar-refractivity contribution in [2.45, 2.75) is 20.8 Å². The average Bonchev–Trinajstić information content (AvgIpc) is 3.06. The van der Waals surface area contributed by atoms with Gasteiger partial charge in [-0.25, -0.2) is 4.68 Å². The highest BCUT2D eigenvalue weighted by Crippen LogP contribution is 2.26. The number of hydrogen-bond acceptors (Lipinski definition) is 5. The topological polar surface area (TPSA) is 89.9 Å². The van der Waals surface area contributed by atoms with Crippen molar-refractivity contribution in [1.29, 1.82) is 0 Å². The highest BCUT2D eigenvalue weighted by molar-refractivity contribution is 5.93. The molecule has 7 nitrogen and oxygen atoms in total. The van der Waals surface area contributed by atoms with Crippen molar-refractivity contribution >= 4 is 11.6 Å². The quantitative estimate of drug-likeness (QED) is 0.781. The number of aromatic nitrogens is 4. The number of amides is 1. The molecule has 134 valence electrons. The van der Waals surface area contributed by atoms with E-state index in [0.29, 0.717) is 17.9 Å². The number of hydrogen-bond donors (Lipinski definition) is 1. The predicted octanol–water partition coefficient (Wildman–Crippen LogP) is 2.62. The Balaban J connectivity index is 2.19. The predicted molar refractivity (Wildman–Crippen MR) is 101 cm³/mol. The number of nitrogen functional groups attached to an aromatic ring is 1. The molecule has 7 heteroatoms. The number of nitrogens with zero attached hydrogens (tertiary/aromatic N) is 5. The Kier molecular flexibility index (Phi) is 4.71. The monoisotopic (exact) mass is 350 g/mol. The number of aryl methyl sites for hydroxylation is 2. The highest BCUT2D eigenvalue weighted by atomic mass is 16.2. The third-order valence-electron chi connectivity index (χ3n) is 4.23. The number of nitrogens with two attached hydrogens (primary N) is 1. The fourth-order valence-electron chi connectivity index (χ4n) is 2.64. The molecule has 3 heterocycles. The maximum atomic E-state index is 12.6. The minimum absolute atomic E-state index is 0.138. The van der Waals surface area contributed by atoms with Gasteiger partial charge in [-0.3, -0.25) is 14.8 Å². The van der Waals surface area contributed by atoms with E-state index in [1.54, 1.807) is 35.1 Å². The number of pyridine rings is 2. The summed E-state index contributed by atoms with van der Waals surface area (Å²) in [7, 11) is 1.75. The van der Waals surface area contributed by atoms with Crippen LogP contribution in [0.5, 0.6) is 0 Å². The second-order valence-corrected chi connectivity index (χ2v) is 6.24. The smallest absolute Gasteiger partial charge is 0.274 e. The van der Waals surface area contributed by atoms with Gasteiger partial charge in [-0.15, -0.1) is 0 Å². The first-order valence-corrected chi connectivity index (χ1v) is 8.41. The number of anilines is 1. The maximum absolute atomic E-state index is 12.6. The Morgan fingerprint density at radius 3 is 2.58 bits per heavy atom. The molecule has 0 atom stereocenters. The summed E-state index contributed by atoms with van der Waals surface area (Å²) in [5, 5.41) is 4.53. The molecule has 0 unspecified atom stereocenters. The molecule has 0 aliphatic carbocycles. The molecule has 0 aliphatic rings. The van der Waals surface area contributed by atoms with Gasteiger partial charge in [0.05, 0.1) is 35.2 Å². The molecule has 3 rings (SSSR count). The van der Waals surface area contributed by atoms with Crippen LogP contribution >= 0.6 is 0 Å². The van der Waals surface area contributed by atoms with E-state index in [-0.39, 0.29) is 5.91 Å². The van der Waals surface area contributed by atoms with Crippen molar-refractivity contribution < 1.29 is 4.79 Å². The molecule has 3 aromatic heterocycles. The van der Waals surface area contributed by atoms with Crippen molar-refractivity contribution in [2.24, 2.45) is 0 Å². The van der Waals surface area contributed by atoms with Crippen LogP contribution in [0.15, 0.2) is 36.7 Å². The van der Waals surface area contributed by atoms with Crippen molar-refractivity contribution in [2.75, 3.05) is 19.3 Å². The van der Waals surface area contributed by atoms with Crippen LogP contribution in [0.4, 0.5) is 5.69 Å². The lowest BCUT2D eigenvalue weighted by molar-refractivity contribution is 0.0796. The van der Waals surface area contributed by atoms with Crippen molar-refractivity contribution in [1.82, 2.24) is 24.6 Å². The molecule has 0 bridgehead atoms. The molecule has 2 N–H and O–H groups in total. The Bertz CT molecular complexity index is 945. The molecule has 0 radical (unpaired) electrons. The Morgan fingerprint density at radius 1 is 1.19 bits per heavy atom. The second kappa shape index (κ2) is 6.95. The molecule has 0 aromatic carbocycles. The SMILES string of the molecule is CCN(C)C(=O)c1cc(-c2ncc(N)cc2C)n(-c2ccc(C)nc2)n1. The van der Waals surface area contributed by atoms with Crippen LogP contribution in [0.25, 0.3) is 17.1 Å². The van der Waals surface area contributed by atoms with Gasteiger partial charge < -0.3 is 10.6 Å². The van der Waals surface area contributed by atoms with Gasteiger partial charge in [-0.05, 0) is 50.6 Å². The van der Waals surface area contributed by atoms with E-state index in [2.05, 4.69) is 15.1 Å². The van der Waals surface area contributed by atoms with Crippen molar-refractivity contribution in [3.63, 3.8) is 0 Å². The molecular formula is C19H22N6O. The van der Waals surface area contributed by atoms with Crippen LogP contribution in [-0.4, -0.2) is 44.1 Å². The zero-order valence-corrected chi connectivity index (χ0v) is 15.4. The molecule has 26 heavy (non-hydrogen) atoms. The molecule has 3 aromatic rings. The highest BCUT2D eigenvalue weighted by Gasteiger charge is 2.20. The molecule has 0 saturated carbocycles. The van der Waals surface area contributed by atoms with Gasteiger partial charge in [0, 0.05) is 19.3 Å². The average molecular weight is 350 g/mol. The van der Waals surface area contributed by atoms with Crippen LogP contribution in [-0.2, 0) is 0 Å². The third kappa shape index (κ3) is 3.28. The van der Waals surface area contributed by atoms with Gasteiger partial charge in [0.2, 0.25) is 0 Å². The van der Waals surface area contributed by atoms with Gasteiger partial charge in [-0.2, -0.15) is 5.10 Å². The third-order valence-corrected chi connectivity index (χ3v) is 4.23. The molecule has 0 fully saturated rings. The van der Waals surface area contributed by atoms with E-state index in [4.69, 9.17) is 5.73 Å². The first-order chi connectivity index (χ1) is 12.4. The lowest BCUT2D eigenvalue weighted by atomic mass is 10.1. The Morgan fingerprint density at radius 2 is 1.96 bits per heavy atom. The van der Waals surface area contributed by atoms with Crippen LogP contribution < -0.4 is 5.73 Å². The fraction of sp³-hybridized carbons (Fsp3) is 0.263. The van der Waals surface area contributed by atoms with E-state index in [1.165, 1.54) is 0 Å². The summed E-state index contributed by atoms with van der Waals surface area (Å²) in [5.41, 5.74) is 10.8. The minimum Gasteiger partial charge on any atom is -0.397 e. The fourth-order valence-corrected chi connectivity index (χ4v) is 2.64. The summed E-state index contributed by atoms with van der Waals surface area (Å²) in [4.78, 5) is 23.0. The van der Waals surface area contributed by atoms with Gasteiger partial charge in [0.1, 0.15) is 0 Å². The van der Waals surface area contributed by atoms with Gasteiger partial charge >= 0.3 is 0 Å². The van der Waals surface area contributed by atoms with Crippen LogP contribution in [0.3, 0.4) is 0 Å². The van der Waals surface area contributed by atoms with Crippen LogP contribution in [0, 0.1) is 13.8 Å². The molecule has 0 spiro atoms. The molecule has 0 aliphatic heterocycles. The van der Waals surface area contributed by atoms with E-state index < -0.39 is 0 Å². The van der Waals surface area contributed by atoms with Gasteiger partial charge in [0.25, 0.3) is 5.91 Å². The summed E-state index contributed by atoms with van der Waals surface area (Å²) < 4.78 is 1.70.